The fourth-order valence-corrected chi connectivity index (χ4v) is 1.33. The Morgan fingerprint density at radius 3 is 2.94 bits per heavy atom. The van der Waals surface area contributed by atoms with Crippen LogP contribution in [0.25, 0.3) is 0 Å². The molecule has 4 N–H and O–H groups in total. The Labute approximate surface area is 98.4 Å². The minimum Gasteiger partial charge on any atom is -0.496 e. The summed E-state index contributed by atoms with van der Waals surface area (Å²) in [7, 11) is 1.49. The van der Waals surface area contributed by atoms with Gasteiger partial charge in [-0.3, -0.25) is 4.79 Å². The minimum atomic E-state index is -1.08. The third-order valence-corrected chi connectivity index (χ3v) is 2.24. The van der Waals surface area contributed by atoms with Crippen molar-refractivity contribution in [3.8, 4) is 5.75 Å². The van der Waals surface area contributed by atoms with Crippen molar-refractivity contribution >= 4 is 5.97 Å². The summed E-state index contributed by atoms with van der Waals surface area (Å²) < 4.78 is 18.0. The number of carboxylic acid groups (broad SMARTS) is 1. The number of benzene rings is 1. The molecule has 0 aliphatic heterocycles. The molecule has 94 valence electrons. The van der Waals surface area contributed by atoms with E-state index in [1.807, 2.05) is 0 Å². The third kappa shape index (κ3) is 4.01. The molecule has 0 spiro atoms. The molecule has 0 bridgehead atoms. The Morgan fingerprint density at radius 1 is 1.65 bits per heavy atom. The first kappa shape index (κ1) is 13.4. The van der Waals surface area contributed by atoms with Gasteiger partial charge >= 0.3 is 5.97 Å². The summed E-state index contributed by atoms with van der Waals surface area (Å²) in [5.74, 6) is -0.906. The number of nitrogens with one attached hydrogen (secondary N) is 1. The predicted molar refractivity (Wildman–Crippen MR) is 60.3 cm³/mol. The summed E-state index contributed by atoms with van der Waals surface area (Å²) in [6.45, 7) is 0.400. The van der Waals surface area contributed by atoms with E-state index in [0.717, 1.165) is 0 Å². The van der Waals surface area contributed by atoms with Crippen LogP contribution in [0.1, 0.15) is 5.56 Å². The summed E-state index contributed by atoms with van der Waals surface area (Å²) in [6, 6.07) is 3.17. The molecule has 1 aromatic rings. The lowest BCUT2D eigenvalue weighted by molar-refractivity contribution is -0.138. The third-order valence-electron chi connectivity index (χ3n) is 2.24. The van der Waals surface area contributed by atoms with Gasteiger partial charge in [0.25, 0.3) is 0 Å². The zero-order chi connectivity index (χ0) is 12.8. The summed E-state index contributed by atoms with van der Waals surface area (Å²) >= 11 is 0. The van der Waals surface area contributed by atoms with E-state index in [-0.39, 0.29) is 12.4 Å². The average molecular weight is 242 g/mol. The molecule has 0 heterocycles. The van der Waals surface area contributed by atoms with Crippen LogP contribution in [0.2, 0.25) is 0 Å². The molecule has 0 radical (unpaired) electrons. The highest BCUT2D eigenvalue weighted by molar-refractivity contribution is 5.73. The topological polar surface area (TPSA) is 84.6 Å². The highest BCUT2D eigenvalue weighted by Gasteiger charge is 2.11. The molecule has 1 rings (SSSR count). The number of ether oxygens (including phenoxy) is 1. The molecule has 0 fully saturated rings. The van der Waals surface area contributed by atoms with E-state index >= 15 is 0 Å². The number of hydrogen-bond donors (Lipinski definition) is 3. The van der Waals surface area contributed by atoms with Gasteiger partial charge in [0.15, 0.2) is 0 Å². The lowest BCUT2D eigenvalue weighted by Gasteiger charge is -2.11. The second-order valence-corrected chi connectivity index (χ2v) is 3.53. The Kier molecular flexibility index (Phi) is 4.86. The molecule has 1 aromatic carbocycles. The smallest absolute Gasteiger partial charge is 0.321 e. The van der Waals surface area contributed by atoms with Gasteiger partial charge in [-0.15, -0.1) is 0 Å². The van der Waals surface area contributed by atoms with E-state index in [1.54, 1.807) is 0 Å². The van der Waals surface area contributed by atoms with Crippen molar-refractivity contribution < 1.29 is 19.0 Å². The van der Waals surface area contributed by atoms with E-state index < -0.39 is 12.0 Å². The highest BCUT2D eigenvalue weighted by Crippen LogP contribution is 2.18. The molecular formula is C11H15FN2O3. The maximum absolute atomic E-state index is 13.0. The zero-order valence-electron chi connectivity index (χ0n) is 9.44. The molecule has 6 heteroatoms. The fraction of sp³-hybridized carbons (Fsp3) is 0.364. The largest absolute Gasteiger partial charge is 0.496 e. The zero-order valence-corrected chi connectivity index (χ0v) is 9.44. The van der Waals surface area contributed by atoms with Gasteiger partial charge in [-0.25, -0.2) is 4.39 Å². The van der Waals surface area contributed by atoms with Crippen molar-refractivity contribution in [1.82, 2.24) is 5.32 Å². The van der Waals surface area contributed by atoms with Crippen molar-refractivity contribution in [2.45, 2.75) is 12.6 Å². The van der Waals surface area contributed by atoms with Gasteiger partial charge in [0, 0.05) is 18.7 Å². The van der Waals surface area contributed by atoms with Crippen molar-refractivity contribution in [3.05, 3.63) is 29.6 Å². The number of nitrogens with two attached hydrogens (primary N) is 1. The van der Waals surface area contributed by atoms with E-state index in [9.17, 15) is 9.18 Å². The SMILES string of the molecule is COc1ccc(F)cc1CNCC(N)C(=O)O. The predicted octanol–water partition coefficient (Wildman–Crippen LogP) is 0.336. The summed E-state index contributed by atoms with van der Waals surface area (Å²) in [5.41, 5.74) is 5.93. The number of hydrogen-bond acceptors (Lipinski definition) is 4. The van der Waals surface area contributed by atoms with Crippen molar-refractivity contribution in [2.75, 3.05) is 13.7 Å². The molecule has 0 saturated carbocycles. The number of rotatable bonds is 6. The van der Waals surface area contributed by atoms with Crippen molar-refractivity contribution in [1.29, 1.82) is 0 Å². The standard InChI is InChI=1S/C11H15FN2O3/c1-17-10-3-2-8(12)4-7(10)5-14-6-9(13)11(15)16/h2-4,9,14H,5-6,13H2,1H3,(H,15,16). The second kappa shape index (κ2) is 6.17. The van der Waals surface area contributed by atoms with Crippen LogP contribution in [-0.4, -0.2) is 30.8 Å². The van der Waals surface area contributed by atoms with Crippen LogP contribution in [0.15, 0.2) is 18.2 Å². The second-order valence-electron chi connectivity index (χ2n) is 3.53. The van der Waals surface area contributed by atoms with E-state index in [0.29, 0.717) is 17.9 Å². The maximum atomic E-state index is 13.0. The lowest BCUT2D eigenvalue weighted by atomic mass is 10.2. The molecule has 5 nitrogen and oxygen atoms in total. The van der Waals surface area contributed by atoms with E-state index in [1.165, 1.54) is 25.3 Å². The summed E-state index contributed by atoms with van der Waals surface area (Å²) in [5, 5.41) is 11.4. The van der Waals surface area contributed by atoms with Gasteiger partial charge < -0.3 is 20.9 Å². The summed E-state index contributed by atoms with van der Waals surface area (Å²) in [4.78, 5) is 10.5. The van der Waals surface area contributed by atoms with Crippen LogP contribution in [0.3, 0.4) is 0 Å². The quantitative estimate of drug-likeness (QED) is 0.669. The molecular weight excluding hydrogens is 227 g/mol. The summed E-state index contributed by atoms with van der Waals surface area (Å²) in [6.07, 6.45) is 0. The van der Waals surface area contributed by atoms with Gasteiger partial charge in [0.2, 0.25) is 0 Å². The molecule has 0 aliphatic rings. The Bertz CT molecular complexity index is 398. The van der Waals surface area contributed by atoms with Gasteiger partial charge in [0.05, 0.1) is 7.11 Å². The van der Waals surface area contributed by atoms with E-state index in [4.69, 9.17) is 15.6 Å². The van der Waals surface area contributed by atoms with Gasteiger partial charge in [-0.1, -0.05) is 0 Å². The molecule has 0 amide bonds. The number of carbonyl (C=O) groups is 1. The van der Waals surface area contributed by atoms with Gasteiger partial charge in [-0.05, 0) is 18.2 Å². The molecule has 1 atom stereocenters. The monoisotopic (exact) mass is 242 g/mol. The van der Waals surface area contributed by atoms with Crippen LogP contribution in [0.4, 0.5) is 4.39 Å². The molecule has 0 aliphatic carbocycles. The molecule has 1 unspecified atom stereocenters. The fourth-order valence-electron chi connectivity index (χ4n) is 1.33. The Morgan fingerprint density at radius 2 is 2.35 bits per heavy atom. The highest BCUT2D eigenvalue weighted by atomic mass is 19.1. The average Bonchev–Trinajstić information content (AvgIpc) is 2.29. The van der Waals surface area contributed by atoms with Gasteiger partial charge in [-0.2, -0.15) is 0 Å². The Balaban J connectivity index is 2.56. The first-order valence-electron chi connectivity index (χ1n) is 5.06. The molecule has 17 heavy (non-hydrogen) atoms. The molecule has 0 aromatic heterocycles. The van der Waals surface area contributed by atoms with Gasteiger partial charge in [0.1, 0.15) is 17.6 Å². The van der Waals surface area contributed by atoms with Crippen molar-refractivity contribution in [3.63, 3.8) is 0 Å². The van der Waals surface area contributed by atoms with Crippen LogP contribution in [0.5, 0.6) is 5.75 Å². The number of halogens is 1. The van der Waals surface area contributed by atoms with Crippen LogP contribution in [-0.2, 0) is 11.3 Å². The minimum absolute atomic E-state index is 0.106. The number of methoxy groups -OCH3 is 1. The van der Waals surface area contributed by atoms with Crippen molar-refractivity contribution in [2.24, 2.45) is 5.73 Å². The van der Waals surface area contributed by atoms with E-state index in [2.05, 4.69) is 5.32 Å². The van der Waals surface area contributed by atoms with Crippen LogP contribution < -0.4 is 15.8 Å². The first-order chi connectivity index (χ1) is 8.04. The van der Waals surface area contributed by atoms with Crippen LogP contribution >= 0.6 is 0 Å². The lowest BCUT2D eigenvalue weighted by Crippen LogP contribution is -2.40. The maximum Gasteiger partial charge on any atom is 0.321 e. The number of aliphatic carboxylic acids is 1. The number of carboxylic acids is 1. The molecule has 0 saturated heterocycles. The Hall–Kier alpha value is -1.66. The van der Waals surface area contributed by atoms with Crippen LogP contribution in [0, 0.1) is 5.82 Å². The first-order valence-corrected chi connectivity index (χ1v) is 5.06. The normalized spacial score (nSPS) is 12.2.